The number of nitrogens with two attached hydrogens (primary N) is 1. The Bertz CT molecular complexity index is 261. The van der Waals surface area contributed by atoms with Crippen molar-refractivity contribution in [1.82, 2.24) is 0 Å². The first-order valence-electron chi connectivity index (χ1n) is 4.15. The van der Waals surface area contributed by atoms with E-state index in [2.05, 4.69) is 0 Å². The zero-order valence-corrected chi connectivity index (χ0v) is 7.50. The molecule has 0 radical (unpaired) electrons. The van der Waals surface area contributed by atoms with Crippen LogP contribution >= 0.6 is 0 Å². The molecule has 1 rings (SSSR count). The van der Waals surface area contributed by atoms with Crippen LogP contribution in [0.5, 0.6) is 0 Å². The van der Waals surface area contributed by atoms with E-state index in [1.807, 2.05) is 0 Å². The molecule has 0 aliphatic carbocycles. The second kappa shape index (κ2) is 3.83. The Balaban J connectivity index is 3.03. The largest absolute Gasteiger partial charge is 0.329 e. The van der Waals surface area contributed by atoms with E-state index in [0.717, 1.165) is 0 Å². The van der Waals surface area contributed by atoms with Gasteiger partial charge in [-0.15, -0.1) is 0 Å². The molecule has 0 saturated carbocycles. The van der Waals surface area contributed by atoms with E-state index in [1.165, 1.54) is 6.92 Å². The summed E-state index contributed by atoms with van der Waals surface area (Å²) >= 11 is 0. The predicted molar refractivity (Wildman–Crippen MR) is 48.9 cm³/mol. The quantitative estimate of drug-likeness (QED) is 0.767. The highest BCUT2D eigenvalue weighted by Crippen LogP contribution is 2.29. The van der Waals surface area contributed by atoms with Gasteiger partial charge in [-0.05, 0) is 12.5 Å². The number of rotatable bonds is 3. The van der Waals surface area contributed by atoms with Gasteiger partial charge in [0.2, 0.25) is 6.43 Å². The van der Waals surface area contributed by atoms with Crippen molar-refractivity contribution in [3.63, 3.8) is 0 Å². The van der Waals surface area contributed by atoms with Crippen molar-refractivity contribution in [2.24, 2.45) is 5.73 Å². The van der Waals surface area contributed by atoms with Crippen LogP contribution in [-0.4, -0.2) is 13.0 Å². The van der Waals surface area contributed by atoms with E-state index < -0.39 is 11.8 Å². The van der Waals surface area contributed by atoms with E-state index >= 15 is 0 Å². The molecule has 0 heterocycles. The average Bonchev–Trinajstić information content (AvgIpc) is 2.17. The molecule has 0 aliphatic heterocycles. The van der Waals surface area contributed by atoms with Gasteiger partial charge in [0.05, 0.1) is 5.41 Å². The van der Waals surface area contributed by atoms with Gasteiger partial charge < -0.3 is 5.73 Å². The zero-order chi connectivity index (χ0) is 9.90. The first-order valence-corrected chi connectivity index (χ1v) is 4.15. The molecule has 13 heavy (non-hydrogen) atoms. The Morgan fingerprint density at radius 3 is 2.23 bits per heavy atom. The van der Waals surface area contributed by atoms with Crippen LogP contribution in [0.4, 0.5) is 8.78 Å². The van der Waals surface area contributed by atoms with Crippen molar-refractivity contribution in [3.05, 3.63) is 35.9 Å². The normalized spacial score (nSPS) is 15.8. The Morgan fingerprint density at radius 1 is 1.31 bits per heavy atom. The summed E-state index contributed by atoms with van der Waals surface area (Å²) in [5.41, 5.74) is 4.73. The maximum atomic E-state index is 12.7. The first-order chi connectivity index (χ1) is 6.11. The van der Waals surface area contributed by atoms with Crippen molar-refractivity contribution in [2.75, 3.05) is 6.54 Å². The highest BCUT2D eigenvalue weighted by Gasteiger charge is 2.35. The SMILES string of the molecule is CC(CN)(c1ccccc1)C(F)F. The number of hydrogen-bond donors (Lipinski definition) is 1. The fraction of sp³-hybridized carbons (Fsp3) is 0.400. The molecule has 0 aromatic heterocycles. The molecule has 1 unspecified atom stereocenters. The van der Waals surface area contributed by atoms with Crippen LogP contribution in [0.15, 0.2) is 30.3 Å². The van der Waals surface area contributed by atoms with Crippen molar-refractivity contribution >= 4 is 0 Å². The molecule has 2 N–H and O–H groups in total. The summed E-state index contributed by atoms with van der Waals surface area (Å²) in [6, 6.07) is 8.64. The Morgan fingerprint density at radius 2 is 1.85 bits per heavy atom. The van der Waals surface area contributed by atoms with Crippen molar-refractivity contribution in [2.45, 2.75) is 18.8 Å². The minimum Gasteiger partial charge on any atom is -0.329 e. The summed E-state index contributed by atoms with van der Waals surface area (Å²) in [7, 11) is 0. The fourth-order valence-electron chi connectivity index (χ4n) is 1.15. The second-order valence-corrected chi connectivity index (χ2v) is 3.29. The third-order valence-corrected chi connectivity index (χ3v) is 2.34. The van der Waals surface area contributed by atoms with Crippen LogP contribution in [0.25, 0.3) is 0 Å². The molecule has 1 aromatic carbocycles. The summed E-state index contributed by atoms with van der Waals surface area (Å²) in [4.78, 5) is 0. The minimum atomic E-state index is -2.43. The molecule has 3 heteroatoms. The van der Waals surface area contributed by atoms with E-state index in [4.69, 9.17) is 5.73 Å². The van der Waals surface area contributed by atoms with Crippen LogP contribution in [0.2, 0.25) is 0 Å². The smallest absolute Gasteiger partial charge is 0.249 e. The molecule has 0 fully saturated rings. The number of benzene rings is 1. The van der Waals surface area contributed by atoms with Gasteiger partial charge in [-0.25, -0.2) is 8.78 Å². The van der Waals surface area contributed by atoms with Crippen LogP contribution in [0.3, 0.4) is 0 Å². The fourth-order valence-corrected chi connectivity index (χ4v) is 1.15. The van der Waals surface area contributed by atoms with E-state index in [9.17, 15) is 8.78 Å². The van der Waals surface area contributed by atoms with Gasteiger partial charge in [-0.2, -0.15) is 0 Å². The van der Waals surface area contributed by atoms with Gasteiger partial charge in [0.1, 0.15) is 0 Å². The molecule has 1 nitrogen and oxygen atoms in total. The van der Waals surface area contributed by atoms with Crippen molar-refractivity contribution < 1.29 is 8.78 Å². The Kier molecular flexibility index (Phi) is 2.98. The number of halogens is 2. The summed E-state index contributed by atoms with van der Waals surface area (Å²) in [6.07, 6.45) is -2.43. The predicted octanol–water partition coefficient (Wildman–Crippen LogP) is 2.17. The summed E-state index contributed by atoms with van der Waals surface area (Å²) in [5.74, 6) is 0. The van der Waals surface area contributed by atoms with Crippen LogP contribution < -0.4 is 5.73 Å². The molecular weight excluding hydrogens is 172 g/mol. The monoisotopic (exact) mass is 185 g/mol. The summed E-state index contributed by atoms with van der Waals surface area (Å²) < 4.78 is 25.4. The van der Waals surface area contributed by atoms with Gasteiger partial charge in [-0.1, -0.05) is 30.3 Å². The summed E-state index contributed by atoms with van der Waals surface area (Å²) in [5, 5.41) is 0. The van der Waals surface area contributed by atoms with Crippen molar-refractivity contribution in [3.8, 4) is 0 Å². The number of alkyl halides is 2. The maximum Gasteiger partial charge on any atom is 0.249 e. The molecule has 1 aromatic rings. The lowest BCUT2D eigenvalue weighted by Crippen LogP contribution is -2.38. The minimum absolute atomic E-state index is 0.0469. The maximum absolute atomic E-state index is 12.7. The lowest BCUT2D eigenvalue weighted by molar-refractivity contribution is 0.0638. The van der Waals surface area contributed by atoms with E-state index in [-0.39, 0.29) is 6.54 Å². The number of hydrogen-bond acceptors (Lipinski definition) is 1. The van der Waals surface area contributed by atoms with Gasteiger partial charge >= 0.3 is 0 Å². The van der Waals surface area contributed by atoms with E-state index in [1.54, 1.807) is 30.3 Å². The standard InChI is InChI=1S/C10H13F2N/c1-10(7-13,9(11)12)8-5-3-2-4-6-8/h2-6,9H,7,13H2,1H3. The first kappa shape index (κ1) is 10.1. The Hall–Kier alpha value is -0.960. The van der Waals surface area contributed by atoms with Crippen LogP contribution in [0, 0.1) is 0 Å². The topological polar surface area (TPSA) is 26.0 Å². The molecule has 72 valence electrons. The zero-order valence-electron chi connectivity index (χ0n) is 7.50. The summed E-state index contributed by atoms with van der Waals surface area (Å²) in [6.45, 7) is 1.43. The molecule has 0 saturated heterocycles. The van der Waals surface area contributed by atoms with Gasteiger partial charge in [-0.3, -0.25) is 0 Å². The lowest BCUT2D eigenvalue weighted by Gasteiger charge is -2.27. The highest BCUT2D eigenvalue weighted by molar-refractivity contribution is 5.25. The van der Waals surface area contributed by atoms with Gasteiger partial charge in [0.15, 0.2) is 0 Å². The molecule has 0 amide bonds. The lowest BCUT2D eigenvalue weighted by atomic mass is 9.83. The Labute approximate surface area is 76.6 Å². The van der Waals surface area contributed by atoms with Gasteiger partial charge in [0, 0.05) is 6.54 Å². The van der Waals surface area contributed by atoms with Crippen LogP contribution in [-0.2, 0) is 5.41 Å². The molecule has 0 spiro atoms. The highest BCUT2D eigenvalue weighted by atomic mass is 19.3. The van der Waals surface area contributed by atoms with Crippen molar-refractivity contribution in [1.29, 1.82) is 0 Å². The average molecular weight is 185 g/mol. The molecular formula is C10H13F2N. The second-order valence-electron chi connectivity index (χ2n) is 3.29. The molecule has 1 atom stereocenters. The van der Waals surface area contributed by atoms with E-state index in [0.29, 0.717) is 5.56 Å². The molecule has 0 bridgehead atoms. The third kappa shape index (κ3) is 1.86. The van der Waals surface area contributed by atoms with Gasteiger partial charge in [0.25, 0.3) is 0 Å². The molecule has 0 aliphatic rings. The third-order valence-electron chi connectivity index (χ3n) is 2.34. The van der Waals surface area contributed by atoms with Crippen LogP contribution in [0.1, 0.15) is 12.5 Å².